The minimum Gasteiger partial charge on any atom is -0.496 e. The Morgan fingerprint density at radius 3 is 2.35 bits per heavy atom. The molecule has 0 fully saturated rings. The summed E-state index contributed by atoms with van der Waals surface area (Å²) in [5.41, 5.74) is 4.22. The van der Waals surface area contributed by atoms with Crippen LogP contribution >= 0.6 is 0 Å². The number of carboxylic acid groups (broad SMARTS) is 2. The van der Waals surface area contributed by atoms with E-state index in [9.17, 15) is 36.3 Å². The lowest BCUT2D eigenvalue weighted by atomic mass is 9.96. The third kappa shape index (κ3) is 10.8. The number of nitrogens with zero attached hydrogens (tertiary/aromatic N) is 3. The van der Waals surface area contributed by atoms with Gasteiger partial charge in [-0.05, 0) is 54.5 Å². The largest absolute Gasteiger partial charge is 0.496 e. The molecule has 3 N–H and O–H groups in total. The van der Waals surface area contributed by atoms with Crippen molar-refractivity contribution >= 4 is 34.1 Å². The predicted octanol–water partition coefficient (Wildman–Crippen LogP) is 6.11. The normalized spacial score (nSPS) is 12.6. The number of hydrogen-bond acceptors (Lipinski definition) is 10. The quantitative estimate of drug-likeness (QED) is 0.124. The third-order valence-electron chi connectivity index (χ3n) is 8.53. The van der Waals surface area contributed by atoms with E-state index in [1.54, 1.807) is 36.5 Å². The number of halogens is 3. The number of ether oxygens (including phenoxy) is 4. The molecule has 306 valence electrons. The summed E-state index contributed by atoms with van der Waals surface area (Å²) >= 11 is 0. The number of alkyl halides is 3. The number of rotatable bonds is 14. The van der Waals surface area contributed by atoms with Crippen molar-refractivity contribution in [3.05, 3.63) is 94.7 Å². The highest BCUT2D eigenvalue weighted by Crippen LogP contribution is 2.37. The highest BCUT2D eigenvalue weighted by Gasteiger charge is 2.38. The van der Waals surface area contributed by atoms with Crippen molar-refractivity contribution in [3.63, 3.8) is 0 Å². The van der Waals surface area contributed by atoms with Crippen molar-refractivity contribution in [2.24, 2.45) is 0 Å². The van der Waals surface area contributed by atoms with Gasteiger partial charge in [-0.3, -0.25) is 4.68 Å². The molecule has 19 heteroatoms. The molecule has 1 aliphatic heterocycles. The molecule has 0 spiro atoms. The van der Waals surface area contributed by atoms with Gasteiger partial charge in [-0.25, -0.2) is 27.1 Å². The molecule has 0 saturated heterocycles. The van der Waals surface area contributed by atoms with Gasteiger partial charge in [-0.2, -0.15) is 18.3 Å². The number of carbonyl (C=O) groups excluding carboxylic acids is 1. The molecule has 0 unspecified atom stereocenters. The number of amides is 2. The number of aromatic nitrogens is 2. The Balaban J connectivity index is 0.000000940. The van der Waals surface area contributed by atoms with Crippen LogP contribution < -0.4 is 19.5 Å². The third-order valence-corrected chi connectivity index (χ3v) is 10.3. The van der Waals surface area contributed by atoms with Crippen molar-refractivity contribution in [2.45, 2.75) is 57.0 Å². The van der Waals surface area contributed by atoms with E-state index in [0.29, 0.717) is 56.0 Å². The second-order valence-electron chi connectivity index (χ2n) is 12.3. The maximum absolute atomic E-state index is 12.8. The van der Waals surface area contributed by atoms with Crippen LogP contribution in [0.25, 0.3) is 17.3 Å². The second-order valence-corrected chi connectivity index (χ2v) is 14.2. The molecule has 0 aliphatic carbocycles. The fourth-order valence-electron chi connectivity index (χ4n) is 5.55. The summed E-state index contributed by atoms with van der Waals surface area (Å²) in [4.78, 5) is 33.5. The minimum atomic E-state index is -5.08. The molecule has 2 amide bonds. The standard InChI is InChI=1S/C36H40N4O9S.C2HF3O2/c1-5-6-17-40-34(26(20-38-40)18-25(35(41)42)19-29-30-22-47-23-49-33(30)16-15-31(29)46-4)28-9-7-8-10-32(28)48-21-24-11-13-27(14-12-24)50(44,45)39(3)36(43)37-2;3-2(4,5)1(6)7/h7-16,18,20H,5-6,17,19,21-23H2,1-4H3,(H,37,43)(H,41,42);(H,6,7)/b25-18+;. The monoisotopic (exact) mass is 818 g/mol. The van der Waals surface area contributed by atoms with Gasteiger partial charge in [-0.1, -0.05) is 37.6 Å². The van der Waals surface area contributed by atoms with E-state index in [1.807, 2.05) is 28.9 Å². The molecule has 3 aromatic carbocycles. The first-order valence-electron chi connectivity index (χ1n) is 17.2. The number of aliphatic carboxylic acids is 2. The molecular weight excluding hydrogens is 777 g/mol. The Kier molecular flexibility index (Phi) is 14.7. The van der Waals surface area contributed by atoms with Crippen molar-refractivity contribution in [1.29, 1.82) is 0 Å². The number of carboxylic acids is 2. The van der Waals surface area contributed by atoms with Crippen molar-refractivity contribution in [3.8, 4) is 28.5 Å². The van der Waals surface area contributed by atoms with E-state index < -0.39 is 34.2 Å². The molecular formula is C38H41F3N4O11S. The summed E-state index contributed by atoms with van der Waals surface area (Å²) in [5, 5.41) is 24.5. The number of nitrogens with one attached hydrogen (secondary N) is 1. The summed E-state index contributed by atoms with van der Waals surface area (Å²) in [5.74, 6) is -2.16. The molecule has 0 atom stereocenters. The summed E-state index contributed by atoms with van der Waals surface area (Å²) in [6, 6.07) is 16.3. The lowest BCUT2D eigenvalue weighted by molar-refractivity contribution is -0.192. The van der Waals surface area contributed by atoms with Crippen molar-refractivity contribution < 1.29 is 65.1 Å². The number of sulfonamides is 1. The maximum atomic E-state index is 12.8. The lowest BCUT2D eigenvalue weighted by Gasteiger charge is -2.22. The molecule has 2 heterocycles. The van der Waals surface area contributed by atoms with Crippen LogP contribution in [0.4, 0.5) is 18.0 Å². The van der Waals surface area contributed by atoms with Gasteiger partial charge in [0.1, 0.15) is 23.9 Å². The lowest BCUT2D eigenvalue weighted by Crippen LogP contribution is -2.39. The van der Waals surface area contributed by atoms with Crippen LogP contribution in [0.15, 0.2) is 77.3 Å². The number of para-hydroxylation sites is 1. The van der Waals surface area contributed by atoms with E-state index in [1.165, 1.54) is 33.3 Å². The van der Waals surface area contributed by atoms with Crippen LogP contribution in [0.3, 0.4) is 0 Å². The van der Waals surface area contributed by atoms with Crippen molar-refractivity contribution in [2.75, 3.05) is 28.0 Å². The molecule has 0 saturated carbocycles. The summed E-state index contributed by atoms with van der Waals surface area (Å²) < 4.78 is 82.9. The van der Waals surface area contributed by atoms with Gasteiger partial charge < -0.3 is 34.5 Å². The highest BCUT2D eigenvalue weighted by molar-refractivity contribution is 7.89. The zero-order chi connectivity index (χ0) is 41.9. The van der Waals surface area contributed by atoms with Gasteiger partial charge in [-0.15, -0.1) is 0 Å². The molecule has 15 nitrogen and oxygen atoms in total. The van der Waals surface area contributed by atoms with Crippen LogP contribution in [-0.2, 0) is 50.5 Å². The Bertz CT molecular complexity index is 2210. The van der Waals surface area contributed by atoms with Crippen LogP contribution in [-0.4, -0.2) is 84.9 Å². The van der Waals surface area contributed by atoms with Gasteiger partial charge in [0.05, 0.1) is 30.5 Å². The fourth-order valence-corrected chi connectivity index (χ4v) is 6.66. The fraction of sp³-hybridized carbons (Fsp3) is 0.316. The van der Waals surface area contributed by atoms with Crippen LogP contribution in [0, 0.1) is 0 Å². The second kappa shape index (κ2) is 19.2. The molecule has 1 aromatic heterocycles. The average molecular weight is 819 g/mol. The Labute approximate surface area is 326 Å². The SMILES string of the molecule is CCCCn1ncc(/C=C(\Cc2c(OC)ccc3c2COCO3)C(=O)O)c1-c1ccccc1OCc1ccc(S(=O)(=O)N(C)C(=O)NC)cc1.O=C(O)C(F)(F)F. The first-order valence-corrected chi connectivity index (χ1v) is 18.7. The molecule has 4 aromatic rings. The summed E-state index contributed by atoms with van der Waals surface area (Å²) in [7, 11) is 0.0487. The first kappa shape index (κ1) is 43.6. The zero-order valence-electron chi connectivity index (χ0n) is 31.3. The molecule has 0 radical (unpaired) electrons. The number of urea groups is 1. The molecule has 57 heavy (non-hydrogen) atoms. The highest BCUT2D eigenvalue weighted by atomic mass is 32.2. The van der Waals surface area contributed by atoms with Crippen LogP contribution in [0.2, 0.25) is 0 Å². The molecule has 5 rings (SSSR count). The van der Waals surface area contributed by atoms with E-state index in [0.717, 1.165) is 18.4 Å². The number of benzene rings is 3. The molecule has 1 aliphatic rings. The van der Waals surface area contributed by atoms with Crippen LogP contribution in [0.1, 0.15) is 42.0 Å². The first-order chi connectivity index (χ1) is 27.0. The van der Waals surface area contributed by atoms with E-state index >= 15 is 0 Å². The Morgan fingerprint density at radius 1 is 1.05 bits per heavy atom. The number of unbranched alkanes of at least 4 members (excludes halogenated alkanes) is 1. The van der Waals surface area contributed by atoms with Gasteiger partial charge in [0.2, 0.25) is 0 Å². The van der Waals surface area contributed by atoms with Gasteiger partial charge in [0.25, 0.3) is 10.0 Å². The minimum absolute atomic E-state index is 0.0353. The number of carbonyl (C=O) groups is 3. The van der Waals surface area contributed by atoms with Gasteiger partial charge >= 0.3 is 24.1 Å². The van der Waals surface area contributed by atoms with E-state index in [-0.39, 0.29) is 36.9 Å². The Hall–Kier alpha value is -6.08. The van der Waals surface area contributed by atoms with E-state index in [2.05, 4.69) is 17.3 Å². The zero-order valence-corrected chi connectivity index (χ0v) is 32.1. The summed E-state index contributed by atoms with van der Waals surface area (Å²) in [6.07, 6.45) is 0.0314. The van der Waals surface area contributed by atoms with Gasteiger partial charge in [0.15, 0.2) is 6.79 Å². The van der Waals surface area contributed by atoms with Crippen molar-refractivity contribution in [1.82, 2.24) is 19.4 Å². The average Bonchev–Trinajstić information content (AvgIpc) is 3.60. The Morgan fingerprint density at radius 2 is 1.74 bits per heavy atom. The van der Waals surface area contributed by atoms with Crippen LogP contribution in [0.5, 0.6) is 17.2 Å². The topological polar surface area (TPSA) is 196 Å². The molecule has 0 bridgehead atoms. The number of methoxy groups -OCH3 is 1. The smallest absolute Gasteiger partial charge is 0.490 e. The number of fused-ring (bicyclic) bond motifs is 1. The predicted molar refractivity (Wildman–Crippen MR) is 199 cm³/mol. The maximum Gasteiger partial charge on any atom is 0.490 e. The van der Waals surface area contributed by atoms with Gasteiger partial charge in [0, 0.05) is 54.9 Å². The number of aryl methyl sites for hydroxylation is 1. The summed E-state index contributed by atoms with van der Waals surface area (Å²) in [6.45, 7) is 3.18. The number of hydrogen-bond donors (Lipinski definition) is 3. The van der Waals surface area contributed by atoms with E-state index in [4.69, 9.17) is 28.8 Å².